The lowest BCUT2D eigenvalue weighted by Crippen LogP contribution is -2.28. The molecule has 3 aromatic rings. The van der Waals surface area contributed by atoms with Crippen molar-refractivity contribution in [3.05, 3.63) is 101 Å². The predicted octanol–water partition coefficient (Wildman–Crippen LogP) is 5.48. The van der Waals surface area contributed by atoms with Gasteiger partial charge in [-0.25, -0.2) is 0 Å². The first-order valence-electron chi connectivity index (χ1n) is 10.8. The van der Waals surface area contributed by atoms with Crippen LogP contribution >= 0.6 is 0 Å². The number of hydrogen-bond donors (Lipinski definition) is 2. The number of nitrogens with zero attached hydrogens (tertiary/aromatic N) is 1. The number of nitriles is 1. The van der Waals surface area contributed by atoms with Gasteiger partial charge >= 0.3 is 0 Å². The molecule has 154 valence electrons. The van der Waals surface area contributed by atoms with Crippen molar-refractivity contribution in [1.29, 1.82) is 5.26 Å². The van der Waals surface area contributed by atoms with E-state index in [1.807, 2.05) is 36.5 Å². The molecule has 0 saturated heterocycles. The van der Waals surface area contributed by atoms with E-state index >= 15 is 0 Å². The van der Waals surface area contributed by atoms with Gasteiger partial charge in [-0.05, 0) is 84.5 Å². The van der Waals surface area contributed by atoms with Crippen LogP contribution in [0.1, 0.15) is 34.2 Å². The molecule has 0 fully saturated rings. The van der Waals surface area contributed by atoms with Crippen LogP contribution in [0.15, 0.2) is 72.9 Å². The average Bonchev–Trinajstić information content (AvgIpc) is 3.06. The second-order valence-corrected chi connectivity index (χ2v) is 8.23. The molecule has 0 radical (unpaired) electrons. The highest BCUT2D eigenvalue weighted by Crippen LogP contribution is 2.29. The summed E-state index contributed by atoms with van der Waals surface area (Å²) in [5.41, 5.74) is 7.06. The third-order valence-corrected chi connectivity index (χ3v) is 6.04. The summed E-state index contributed by atoms with van der Waals surface area (Å²) in [6.07, 6.45) is 8.26. The fraction of sp³-hybridized carbons (Fsp3) is 0.222. The van der Waals surface area contributed by atoms with Gasteiger partial charge in [0.25, 0.3) is 0 Å². The second-order valence-electron chi connectivity index (χ2n) is 8.23. The first-order chi connectivity index (χ1) is 15.3. The fourth-order valence-corrected chi connectivity index (χ4v) is 4.35. The van der Waals surface area contributed by atoms with Crippen molar-refractivity contribution in [2.24, 2.45) is 0 Å². The molecule has 0 bridgehead atoms. The van der Waals surface area contributed by atoms with E-state index in [1.165, 1.54) is 22.3 Å². The normalized spacial score (nSPS) is 16.5. The monoisotopic (exact) mass is 407 g/mol. The van der Waals surface area contributed by atoms with E-state index < -0.39 is 0 Å². The molecular formula is C27H25N3O. The lowest BCUT2D eigenvalue weighted by atomic mass is 10.1. The van der Waals surface area contributed by atoms with Crippen molar-refractivity contribution in [3.63, 3.8) is 0 Å². The molecule has 2 N–H and O–H groups in total. The molecule has 1 unspecified atom stereocenters. The molecule has 1 atom stereocenters. The number of rotatable bonds is 5. The van der Waals surface area contributed by atoms with Crippen molar-refractivity contribution >= 4 is 5.69 Å². The van der Waals surface area contributed by atoms with Gasteiger partial charge in [0.05, 0.1) is 11.6 Å². The van der Waals surface area contributed by atoms with Gasteiger partial charge in [0.1, 0.15) is 11.5 Å². The summed E-state index contributed by atoms with van der Waals surface area (Å²) in [6.45, 7) is 0.819. The highest BCUT2D eigenvalue weighted by atomic mass is 16.5. The Balaban J connectivity index is 1.17. The van der Waals surface area contributed by atoms with E-state index in [1.54, 1.807) is 0 Å². The van der Waals surface area contributed by atoms with Crippen LogP contribution in [0, 0.1) is 11.3 Å². The molecule has 3 aromatic carbocycles. The smallest absolute Gasteiger partial charge is 0.129 e. The van der Waals surface area contributed by atoms with Crippen LogP contribution < -0.4 is 15.4 Å². The van der Waals surface area contributed by atoms with Crippen molar-refractivity contribution in [1.82, 2.24) is 5.32 Å². The number of benzene rings is 3. The molecule has 0 amide bonds. The van der Waals surface area contributed by atoms with Crippen LogP contribution in [-0.4, -0.2) is 6.04 Å². The quantitative estimate of drug-likeness (QED) is 0.588. The standard InChI is InChI=1S/C27H25N3O/c28-17-20-4-7-22-14-24(15-23(22)13-20)30-18-19-5-9-25(10-6-19)31-26-11-8-21-3-1-2-12-29-27(21)16-26/h2,4-13,16,24,29-30H,1,3,14-15,18H2. The second kappa shape index (κ2) is 8.67. The van der Waals surface area contributed by atoms with Crippen LogP contribution in [0.4, 0.5) is 5.69 Å². The van der Waals surface area contributed by atoms with Gasteiger partial charge < -0.3 is 15.4 Å². The van der Waals surface area contributed by atoms with E-state index in [-0.39, 0.29) is 0 Å². The van der Waals surface area contributed by atoms with Crippen LogP contribution in [0.2, 0.25) is 0 Å². The van der Waals surface area contributed by atoms with E-state index in [0.29, 0.717) is 6.04 Å². The maximum absolute atomic E-state index is 9.08. The first-order valence-corrected chi connectivity index (χ1v) is 10.8. The summed E-state index contributed by atoms with van der Waals surface area (Å²) in [6, 6.07) is 23.2. The Hall–Kier alpha value is -3.55. The van der Waals surface area contributed by atoms with E-state index in [4.69, 9.17) is 10.00 Å². The summed E-state index contributed by atoms with van der Waals surface area (Å²) < 4.78 is 6.07. The Morgan fingerprint density at radius 2 is 1.74 bits per heavy atom. The number of allylic oxidation sites excluding steroid dienone is 1. The van der Waals surface area contributed by atoms with Crippen molar-refractivity contribution in [2.45, 2.75) is 38.3 Å². The Morgan fingerprint density at radius 1 is 0.935 bits per heavy atom. The zero-order chi connectivity index (χ0) is 21.0. The molecule has 4 heteroatoms. The SMILES string of the molecule is N#Cc1ccc2c(c1)CC(NCc1ccc(Oc3ccc4c(c3)NC=CCC4)cc1)C2. The van der Waals surface area contributed by atoms with Crippen molar-refractivity contribution in [2.75, 3.05) is 5.32 Å². The van der Waals surface area contributed by atoms with Crippen molar-refractivity contribution < 1.29 is 4.74 Å². The minimum Gasteiger partial charge on any atom is -0.457 e. The highest BCUT2D eigenvalue weighted by Gasteiger charge is 2.21. The van der Waals surface area contributed by atoms with Gasteiger partial charge in [-0.15, -0.1) is 0 Å². The minimum atomic E-state index is 0.418. The molecule has 31 heavy (non-hydrogen) atoms. The molecule has 2 aliphatic rings. The topological polar surface area (TPSA) is 57.1 Å². The van der Waals surface area contributed by atoms with Crippen molar-refractivity contribution in [3.8, 4) is 17.6 Å². The number of ether oxygens (including phenoxy) is 1. The summed E-state index contributed by atoms with van der Waals surface area (Å²) in [5, 5.41) is 16.1. The lowest BCUT2D eigenvalue weighted by molar-refractivity contribution is 0.482. The zero-order valence-electron chi connectivity index (χ0n) is 17.4. The van der Waals surface area contributed by atoms with Gasteiger partial charge in [-0.1, -0.05) is 30.3 Å². The average molecular weight is 408 g/mol. The molecule has 0 saturated carbocycles. The number of fused-ring (bicyclic) bond motifs is 2. The van der Waals surface area contributed by atoms with Gasteiger partial charge in [-0.2, -0.15) is 5.26 Å². The number of hydrogen-bond acceptors (Lipinski definition) is 4. The van der Waals surface area contributed by atoms with Crippen LogP contribution in [0.3, 0.4) is 0 Å². The molecule has 1 heterocycles. The Bertz CT molecular complexity index is 1160. The molecule has 0 spiro atoms. The van der Waals surface area contributed by atoms with Crippen LogP contribution in [0.25, 0.3) is 0 Å². The first kappa shape index (κ1) is 19.4. The third kappa shape index (κ3) is 4.47. The van der Waals surface area contributed by atoms with Gasteiger partial charge in [0.2, 0.25) is 0 Å². The highest BCUT2D eigenvalue weighted by molar-refractivity contribution is 5.58. The third-order valence-electron chi connectivity index (χ3n) is 6.04. The molecule has 1 aliphatic carbocycles. The largest absolute Gasteiger partial charge is 0.457 e. The number of nitrogens with one attached hydrogen (secondary N) is 2. The van der Waals surface area contributed by atoms with E-state index in [2.05, 4.69) is 53.1 Å². The van der Waals surface area contributed by atoms with Crippen LogP contribution in [0.5, 0.6) is 11.5 Å². The van der Waals surface area contributed by atoms with Gasteiger partial charge in [0.15, 0.2) is 0 Å². The minimum absolute atomic E-state index is 0.418. The summed E-state index contributed by atoms with van der Waals surface area (Å²) in [7, 11) is 0. The molecule has 4 nitrogen and oxygen atoms in total. The number of anilines is 1. The Labute approximate surface area is 183 Å². The maximum atomic E-state index is 9.08. The molecule has 5 rings (SSSR count). The summed E-state index contributed by atoms with van der Waals surface area (Å²) in [5.74, 6) is 1.68. The molecule has 1 aliphatic heterocycles. The Kier molecular flexibility index (Phi) is 5.43. The molecule has 0 aromatic heterocycles. The summed E-state index contributed by atoms with van der Waals surface area (Å²) >= 11 is 0. The predicted molar refractivity (Wildman–Crippen MR) is 123 cm³/mol. The Morgan fingerprint density at radius 3 is 2.61 bits per heavy atom. The lowest BCUT2D eigenvalue weighted by Gasteiger charge is -2.13. The van der Waals surface area contributed by atoms with Gasteiger partial charge in [-0.3, -0.25) is 0 Å². The fourth-order valence-electron chi connectivity index (χ4n) is 4.35. The zero-order valence-corrected chi connectivity index (χ0v) is 17.4. The van der Waals surface area contributed by atoms with E-state index in [0.717, 1.165) is 55.0 Å². The maximum Gasteiger partial charge on any atom is 0.129 e. The van der Waals surface area contributed by atoms with E-state index in [9.17, 15) is 0 Å². The summed E-state index contributed by atoms with van der Waals surface area (Å²) in [4.78, 5) is 0. The van der Waals surface area contributed by atoms with Gasteiger partial charge in [0, 0.05) is 24.3 Å². The molecular weight excluding hydrogens is 382 g/mol. The van der Waals surface area contributed by atoms with Crippen LogP contribution in [-0.2, 0) is 25.8 Å². The number of aryl methyl sites for hydroxylation is 1.